The number of aromatic nitrogens is 4. The van der Waals surface area contributed by atoms with Crippen molar-refractivity contribution in [2.75, 3.05) is 10.6 Å². The van der Waals surface area contributed by atoms with Gasteiger partial charge in [0.05, 0.1) is 30.2 Å². The Morgan fingerprint density at radius 1 is 1.20 bits per heavy atom. The summed E-state index contributed by atoms with van der Waals surface area (Å²) >= 11 is 5.36. The number of esters is 1. The molecular weight excluding hydrogens is 407 g/mol. The van der Waals surface area contributed by atoms with Gasteiger partial charge in [0.15, 0.2) is 10.8 Å². The van der Waals surface area contributed by atoms with Gasteiger partial charge in [-0.1, -0.05) is 12.1 Å². The zero-order chi connectivity index (χ0) is 21.7. The molecule has 0 aliphatic carbocycles. The van der Waals surface area contributed by atoms with Crippen LogP contribution in [0.1, 0.15) is 36.8 Å². The summed E-state index contributed by atoms with van der Waals surface area (Å²) in [5, 5.41) is 14.8. The van der Waals surface area contributed by atoms with E-state index in [-0.39, 0.29) is 22.7 Å². The maximum atomic E-state index is 13.0. The first-order valence-corrected chi connectivity index (χ1v) is 9.88. The van der Waals surface area contributed by atoms with Crippen LogP contribution in [-0.4, -0.2) is 36.7 Å². The highest BCUT2D eigenvalue weighted by atomic mass is 32.1. The molecule has 0 saturated carbocycles. The number of thiocarbonyl (C=S) groups is 1. The van der Waals surface area contributed by atoms with Crippen LogP contribution in [0.25, 0.3) is 0 Å². The van der Waals surface area contributed by atoms with Gasteiger partial charge in [-0.05, 0) is 50.7 Å². The minimum atomic E-state index is -0.519. The monoisotopic (exact) mass is 430 g/mol. The third-order valence-electron chi connectivity index (χ3n) is 4.02. The van der Waals surface area contributed by atoms with E-state index in [0.29, 0.717) is 24.5 Å². The second-order valence-electron chi connectivity index (χ2n) is 6.83. The molecule has 3 rings (SSSR count). The van der Waals surface area contributed by atoms with Gasteiger partial charge < -0.3 is 15.4 Å². The number of hydrogen-bond donors (Lipinski definition) is 2. The van der Waals surface area contributed by atoms with Gasteiger partial charge in [-0.3, -0.25) is 9.36 Å². The van der Waals surface area contributed by atoms with Crippen molar-refractivity contribution in [3.05, 3.63) is 59.9 Å². The van der Waals surface area contributed by atoms with Gasteiger partial charge in [0.2, 0.25) is 0 Å². The van der Waals surface area contributed by atoms with Crippen LogP contribution in [0.15, 0.2) is 42.9 Å². The SMILES string of the molecule is CCn1cc(NC(=S)Nc2cnn(Cc3ccc(F)cc3)c2)c(C(=O)OC(C)C)n1. The maximum absolute atomic E-state index is 13.0. The van der Waals surface area contributed by atoms with E-state index in [1.807, 2.05) is 6.92 Å². The summed E-state index contributed by atoms with van der Waals surface area (Å²) in [6.07, 6.45) is 4.85. The van der Waals surface area contributed by atoms with Crippen LogP contribution in [-0.2, 0) is 17.8 Å². The van der Waals surface area contributed by atoms with Crippen molar-refractivity contribution in [2.45, 2.75) is 40.0 Å². The molecule has 3 aromatic rings. The Morgan fingerprint density at radius 3 is 2.60 bits per heavy atom. The second kappa shape index (κ2) is 9.49. The molecule has 2 aromatic heterocycles. The average Bonchev–Trinajstić information content (AvgIpc) is 3.29. The van der Waals surface area contributed by atoms with E-state index in [9.17, 15) is 9.18 Å². The van der Waals surface area contributed by atoms with E-state index in [1.165, 1.54) is 12.1 Å². The third-order valence-corrected chi connectivity index (χ3v) is 4.22. The molecule has 0 aliphatic heterocycles. The first-order chi connectivity index (χ1) is 14.3. The fraction of sp³-hybridized carbons (Fsp3) is 0.300. The third kappa shape index (κ3) is 5.63. The summed E-state index contributed by atoms with van der Waals surface area (Å²) in [4.78, 5) is 12.3. The van der Waals surface area contributed by atoms with Gasteiger partial charge >= 0.3 is 5.97 Å². The van der Waals surface area contributed by atoms with Crippen molar-refractivity contribution < 1.29 is 13.9 Å². The Hall–Kier alpha value is -3.27. The number of nitrogens with one attached hydrogen (secondary N) is 2. The van der Waals surface area contributed by atoms with E-state index < -0.39 is 5.97 Å². The van der Waals surface area contributed by atoms with Crippen LogP contribution < -0.4 is 10.6 Å². The van der Waals surface area contributed by atoms with E-state index >= 15 is 0 Å². The maximum Gasteiger partial charge on any atom is 0.361 e. The van der Waals surface area contributed by atoms with Gasteiger partial charge in [-0.2, -0.15) is 10.2 Å². The Bertz CT molecular complexity index is 1030. The summed E-state index contributed by atoms with van der Waals surface area (Å²) < 4.78 is 21.6. The predicted molar refractivity (Wildman–Crippen MR) is 116 cm³/mol. The lowest BCUT2D eigenvalue weighted by Crippen LogP contribution is -2.21. The first-order valence-electron chi connectivity index (χ1n) is 9.47. The first kappa shape index (κ1) is 21.4. The lowest BCUT2D eigenvalue weighted by atomic mass is 10.2. The number of ether oxygens (including phenoxy) is 1. The molecule has 0 aliphatic rings. The van der Waals surface area contributed by atoms with Gasteiger partial charge in [0, 0.05) is 18.9 Å². The van der Waals surface area contributed by atoms with Crippen LogP contribution in [0.3, 0.4) is 0 Å². The highest BCUT2D eigenvalue weighted by molar-refractivity contribution is 7.80. The Morgan fingerprint density at radius 2 is 1.93 bits per heavy atom. The number of nitrogens with zero attached hydrogens (tertiary/aromatic N) is 4. The molecule has 0 radical (unpaired) electrons. The number of aryl methyl sites for hydroxylation is 1. The van der Waals surface area contributed by atoms with Gasteiger partial charge in [-0.15, -0.1) is 0 Å². The Kier molecular flexibility index (Phi) is 6.78. The molecule has 0 saturated heterocycles. The minimum absolute atomic E-state index is 0.168. The zero-order valence-electron chi connectivity index (χ0n) is 16.9. The smallest absolute Gasteiger partial charge is 0.361 e. The van der Waals surface area contributed by atoms with Crippen molar-refractivity contribution in [3.8, 4) is 0 Å². The van der Waals surface area contributed by atoms with E-state index in [1.54, 1.807) is 53.9 Å². The predicted octanol–water partition coefficient (Wildman–Crippen LogP) is 3.66. The lowest BCUT2D eigenvalue weighted by Gasteiger charge is -2.10. The molecule has 0 amide bonds. The summed E-state index contributed by atoms with van der Waals surface area (Å²) in [6.45, 7) is 6.56. The van der Waals surface area contributed by atoms with E-state index in [2.05, 4.69) is 20.8 Å². The number of carbonyl (C=O) groups excluding carboxylic acids is 1. The molecule has 10 heteroatoms. The second-order valence-corrected chi connectivity index (χ2v) is 7.24. The quantitative estimate of drug-likeness (QED) is 0.437. The van der Waals surface area contributed by atoms with Crippen LogP contribution in [0, 0.1) is 5.82 Å². The van der Waals surface area contributed by atoms with Crippen molar-refractivity contribution in [1.29, 1.82) is 0 Å². The van der Waals surface area contributed by atoms with Crippen molar-refractivity contribution in [1.82, 2.24) is 19.6 Å². The van der Waals surface area contributed by atoms with Gasteiger partial charge in [-0.25, -0.2) is 9.18 Å². The van der Waals surface area contributed by atoms with Crippen molar-refractivity contribution in [2.24, 2.45) is 0 Å². The molecule has 1 aromatic carbocycles. The number of benzene rings is 1. The van der Waals surface area contributed by atoms with Crippen LogP contribution in [0.5, 0.6) is 0 Å². The van der Waals surface area contributed by atoms with Gasteiger partial charge in [0.25, 0.3) is 0 Å². The molecule has 0 unspecified atom stereocenters. The van der Waals surface area contributed by atoms with Crippen LogP contribution in [0.2, 0.25) is 0 Å². The fourth-order valence-corrected chi connectivity index (χ4v) is 2.90. The molecule has 8 nitrogen and oxygen atoms in total. The Balaban J connectivity index is 1.64. The lowest BCUT2D eigenvalue weighted by molar-refractivity contribution is 0.0371. The molecule has 2 N–H and O–H groups in total. The molecule has 30 heavy (non-hydrogen) atoms. The van der Waals surface area contributed by atoms with Crippen molar-refractivity contribution in [3.63, 3.8) is 0 Å². The summed E-state index contributed by atoms with van der Waals surface area (Å²) in [7, 11) is 0. The average molecular weight is 431 g/mol. The number of hydrogen-bond acceptors (Lipinski definition) is 5. The summed E-state index contributed by atoms with van der Waals surface area (Å²) in [6, 6.07) is 6.24. The largest absolute Gasteiger partial charge is 0.458 e. The number of carbonyl (C=O) groups is 1. The molecule has 0 bridgehead atoms. The van der Waals surface area contributed by atoms with Crippen molar-refractivity contribution >= 4 is 34.7 Å². The fourth-order valence-electron chi connectivity index (χ4n) is 2.67. The highest BCUT2D eigenvalue weighted by Crippen LogP contribution is 2.17. The molecular formula is C20H23FN6O2S. The normalized spacial score (nSPS) is 10.8. The number of rotatable bonds is 7. The number of anilines is 2. The summed E-state index contributed by atoms with van der Waals surface area (Å²) in [5.74, 6) is -0.796. The molecule has 0 spiro atoms. The standard InChI is InChI=1S/C20H23FN6O2S/c1-4-26-12-17(18(25-26)19(28)29-13(2)3)24-20(30)23-16-9-22-27(11-16)10-14-5-7-15(21)8-6-14/h5-9,11-13H,4,10H2,1-3H3,(H2,23,24,30). The molecule has 0 fully saturated rings. The molecule has 158 valence electrons. The highest BCUT2D eigenvalue weighted by Gasteiger charge is 2.20. The molecule has 2 heterocycles. The summed E-state index contributed by atoms with van der Waals surface area (Å²) in [5.41, 5.74) is 2.22. The van der Waals surface area contributed by atoms with Crippen LogP contribution in [0.4, 0.5) is 15.8 Å². The van der Waals surface area contributed by atoms with Crippen LogP contribution >= 0.6 is 12.2 Å². The van der Waals surface area contributed by atoms with Gasteiger partial charge in [0.1, 0.15) is 5.82 Å². The topological polar surface area (TPSA) is 86.0 Å². The Labute approximate surface area is 179 Å². The zero-order valence-corrected chi connectivity index (χ0v) is 17.7. The van der Waals surface area contributed by atoms with E-state index in [0.717, 1.165) is 5.56 Å². The van der Waals surface area contributed by atoms with E-state index in [4.69, 9.17) is 17.0 Å². The minimum Gasteiger partial charge on any atom is -0.458 e. The number of halogens is 1. The molecule has 0 atom stereocenters.